The average molecular weight is 395 g/mol. The molecule has 0 aliphatic rings. The molecule has 134 valence electrons. The first-order valence-corrected chi connectivity index (χ1v) is 8.83. The van der Waals surface area contributed by atoms with Crippen LogP contribution in [0.4, 0.5) is 14.5 Å². The molecule has 0 saturated carbocycles. The van der Waals surface area contributed by atoms with Crippen molar-refractivity contribution in [3.05, 3.63) is 59.1 Å². The lowest BCUT2D eigenvalue weighted by atomic mass is 10.2. The van der Waals surface area contributed by atoms with Crippen LogP contribution in [0.3, 0.4) is 0 Å². The molecule has 5 nitrogen and oxygen atoms in total. The van der Waals surface area contributed by atoms with Gasteiger partial charge in [-0.2, -0.15) is 0 Å². The number of hydrogen-bond acceptors (Lipinski definition) is 4. The van der Waals surface area contributed by atoms with E-state index in [1.54, 1.807) is 23.7 Å². The molecule has 1 aromatic heterocycles. The van der Waals surface area contributed by atoms with Gasteiger partial charge in [-0.1, -0.05) is 23.4 Å². The summed E-state index contributed by atoms with van der Waals surface area (Å²) in [4.78, 5) is 12.0. The molecule has 26 heavy (non-hydrogen) atoms. The molecule has 0 radical (unpaired) electrons. The number of thioether (sulfide) groups is 1. The number of carbonyl (C=O) groups is 1. The second-order valence-corrected chi connectivity index (χ2v) is 6.69. The first kappa shape index (κ1) is 18.3. The normalized spacial score (nSPS) is 10.8. The van der Waals surface area contributed by atoms with Crippen molar-refractivity contribution in [2.45, 2.75) is 5.16 Å². The molecule has 0 unspecified atom stereocenters. The molecular weight excluding hydrogens is 382 g/mol. The van der Waals surface area contributed by atoms with Crippen molar-refractivity contribution in [1.82, 2.24) is 14.8 Å². The number of halogens is 3. The second-order valence-electron chi connectivity index (χ2n) is 5.34. The lowest BCUT2D eigenvalue weighted by Crippen LogP contribution is -2.14. The third-order valence-electron chi connectivity index (χ3n) is 3.47. The van der Waals surface area contributed by atoms with Crippen LogP contribution in [0.1, 0.15) is 0 Å². The Balaban J connectivity index is 1.63. The SMILES string of the molecule is Cn1c(SCC(=O)Nc2ccc(F)c(Cl)c2)nnc1-c1ccc(F)cc1. The van der Waals surface area contributed by atoms with Gasteiger partial charge in [0.25, 0.3) is 0 Å². The summed E-state index contributed by atoms with van der Waals surface area (Å²) in [6.07, 6.45) is 0. The number of aromatic nitrogens is 3. The smallest absolute Gasteiger partial charge is 0.234 e. The summed E-state index contributed by atoms with van der Waals surface area (Å²) in [5, 5.41) is 11.2. The molecule has 2 aromatic carbocycles. The van der Waals surface area contributed by atoms with E-state index in [1.165, 1.54) is 42.1 Å². The minimum absolute atomic E-state index is 0.0623. The zero-order chi connectivity index (χ0) is 18.7. The fourth-order valence-electron chi connectivity index (χ4n) is 2.19. The third kappa shape index (κ3) is 4.20. The van der Waals surface area contributed by atoms with Gasteiger partial charge in [0.2, 0.25) is 5.91 Å². The number of carbonyl (C=O) groups excluding carboxylic acids is 1. The van der Waals surface area contributed by atoms with Crippen molar-refractivity contribution in [1.29, 1.82) is 0 Å². The van der Waals surface area contributed by atoms with E-state index in [4.69, 9.17) is 11.6 Å². The van der Waals surface area contributed by atoms with Crippen LogP contribution in [0.15, 0.2) is 47.6 Å². The van der Waals surface area contributed by atoms with Crippen LogP contribution in [-0.2, 0) is 11.8 Å². The van der Waals surface area contributed by atoms with Gasteiger partial charge in [0.1, 0.15) is 11.6 Å². The molecule has 1 heterocycles. The van der Waals surface area contributed by atoms with Gasteiger partial charge in [0.15, 0.2) is 11.0 Å². The van der Waals surface area contributed by atoms with Crippen LogP contribution in [-0.4, -0.2) is 26.4 Å². The van der Waals surface area contributed by atoms with Crippen molar-refractivity contribution in [3.8, 4) is 11.4 Å². The van der Waals surface area contributed by atoms with E-state index in [2.05, 4.69) is 15.5 Å². The summed E-state index contributed by atoms with van der Waals surface area (Å²) in [7, 11) is 1.76. The van der Waals surface area contributed by atoms with Crippen molar-refractivity contribution >= 4 is 35.0 Å². The van der Waals surface area contributed by atoms with Crippen LogP contribution < -0.4 is 5.32 Å². The minimum atomic E-state index is -0.550. The van der Waals surface area contributed by atoms with E-state index in [1.807, 2.05) is 0 Å². The van der Waals surface area contributed by atoms with E-state index >= 15 is 0 Å². The van der Waals surface area contributed by atoms with E-state index < -0.39 is 5.82 Å². The summed E-state index contributed by atoms with van der Waals surface area (Å²) in [5.41, 5.74) is 1.13. The van der Waals surface area contributed by atoms with Crippen molar-refractivity contribution < 1.29 is 13.6 Å². The summed E-state index contributed by atoms with van der Waals surface area (Å²) in [6.45, 7) is 0. The number of nitrogens with one attached hydrogen (secondary N) is 1. The Labute approximate surface area is 157 Å². The Hall–Kier alpha value is -2.45. The molecule has 0 saturated heterocycles. The van der Waals surface area contributed by atoms with Gasteiger partial charge in [0, 0.05) is 18.3 Å². The predicted molar refractivity (Wildman–Crippen MR) is 97.2 cm³/mol. The Kier molecular flexibility index (Phi) is 5.53. The summed E-state index contributed by atoms with van der Waals surface area (Å²) in [5.74, 6) is -0.513. The molecule has 9 heteroatoms. The maximum Gasteiger partial charge on any atom is 0.234 e. The van der Waals surface area contributed by atoms with Gasteiger partial charge in [-0.15, -0.1) is 10.2 Å². The van der Waals surface area contributed by atoms with Gasteiger partial charge in [0.05, 0.1) is 10.8 Å². The van der Waals surface area contributed by atoms with E-state index in [0.29, 0.717) is 16.7 Å². The molecule has 1 N–H and O–H groups in total. The van der Waals surface area contributed by atoms with Gasteiger partial charge in [-0.3, -0.25) is 4.79 Å². The van der Waals surface area contributed by atoms with Crippen molar-refractivity contribution in [2.24, 2.45) is 7.05 Å². The molecule has 3 aromatic rings. The van der Waals surface area contributed by atoms with E-state index in [0.717, 1.165) is 5.56 Å². The Bertz CT molecular complexity index is 946. The minimum Gasteiger partial charge on any atom is -0.325 e. The molecule has 0 fully saturated rings. The number of anilines is 1. The zero-order valence-corrected chi connectivity index (χ0v) is 15.1. The van der Waals surface area contributed by atoms with Gasteiger partial charge >= 0.3 is 0 Å². The van der Waals surface area contributed by atoms with Gasteiger partial charge in [-0.05, 0) is 42.5 Å². The van der Waals surface area contributed by atoms with Crippen LogP contribution in [0.5, 0.6) is 0 Å². The number of rotatable bonds is 5. The van der Waals surface area contributed by atoms with E-state index in [-0.39, 0.29) is 22.5 Å². The molecule has 3 rings (SSSR count). The fourth-order valence-corrected chi connectivity index (χ4v) is 3.08. The highest BCUT2D eigenvalue weighted by atomic mass is 35.5. The number of hydrogen-bond donors (Lipinski definition) is 1. The van der Waals surface area contributed by atoms with E-state index in [9.17, 15) is 13.6 Å². The van der Waals surface area contributed by atoms with Crippen LogP contribution in [0, 0.1) is 11.6 Å². The maximum atomic E-state index is 13.1. The first-order chi connectivity index (χ1) is 12.4. The summed E-state index contributed by atoms with van der Waals surface area (Å²) in [6, 6.07) is 9.86. The largest absolute Gasteiger partial charge is 0.325 e. The number of nitrogens with zero attached hydrogens (tertiary/aromatic N) is 3. The summed E-state index contributed by atoms with van der Waals surface area (Å²) >= 11 is 6.88. The molecular formula is C17H13ClF2N4OS. The fraction of sp³-hybridized carbons (Fsp3) is 0.118. The Morgan fingerprint density at radius 2 is 1.92 bits per heavy atom. The Morgan fingerprint density at radius 3 is 2.62 bits per heavy atom. The molecule has 0 atom stereocenters. The highest BCUT2D eigenvalue weighted by Crippen LogP contribution is 2.23. The molecule has 0 aliphatic heterocycles. The van der Waals surface area contributed by atoms with Gasteiger partial charge in [-0.25, -0.2) is 8.78 Å². The van der Waals surface area contributed by atoms with Crippen molar-refractivity contribution in [2.75, 3.05) is 11.1 Å². The highest BCUT2D eigenvalue weighted by molar-refractivity contribution is 7.99. The third-order valence-corrected chi connectivity index (χ3v) is 4.78. The molecule has 0 spiro atoms. The maximum absolute atomic E-state index is 13.1. The monoisotopic (exact) mass is 394 g/mol. The zero-order valence-electron chi connectivity index (χ0n) is 13.5. The van der Waals surface area contributed by atoms with Crippen LogP contribution >= 0.6 is 23.4 Å². The molecule has 1 amide bonds. The number of amides is 1. The Morgan fingerprint density at radius 1 is 1.19 bits per heavy atom. The van der Waals surface area contributed by atoms with Gasteiger partial charge < -0.3 is 9.88 Å². The highest BCUT2D eigenvalue weighted by Gasteiger charge is 2.13. The lowest BCUT2D eigenvalue weighted by molar-refractivity contribution is -0.113. The predicted octanol–water partition coefficient (Wildman–Crippen LogP) is 4.14. The standard InChI is InChI=1S/C17H13ClF2N4OS/c1-24-16(10-2-4-11(19)5-3-10)22-23-17(24)26-9-15(25)21-12-6-7-14(20)13(18)8-12/h2-8H,9H2,1H3,(H,21,25). The van der Waals surface area contributed by atoms with Crippen LogP contribution in [0.2, 0.25) is 5.02 Å². The summed E-state index contributed by atoms with van der Waals surface area (Å²) < 4.78 is 27.9. The lowest BCUT2D eigenvalue weighted by Gasteiger charge is -2.06. The quantitative estimate of drug-likeness (QED) is 0.660. The molecule has 0 aliphatic carbocycles. The average Bonchev–Trinajstić information content (AvgIpc) is 2.98. The molecule has 0 bridgehead atoms. The number of benzene rings is 2. The topological polar surface area (TPSA) is 59.8 Å². The second kappa shape index (κ2) is 7.84. The van der Waals surface area contributed by atoms with Crippen LogP contribution in [0.25, 0.3) is 11.4 Å². The first-order valence-electron chi connectivity index (χ1n) is 7.47. The van der Waals surface area contributed by atoms with Crippen molar-refractivity contribution in [3.63, 3.8) is 0 Å².